The summed E-state index contributed by atoms with van der Waals surface area (Å²) in [4.78, 5) is 12.1. The average Bonchev–Trinajstić information content (AvgIpc) is 2.85. The van der Waals surface area contributed by atoms with Gasteiger partial charge in [-0.1, -0.05) is 36.8 Å². The fraction of sp³-hybridized carbons (Fsp3) is 0.562. The smallest absolute Gasteiger partial charge is 0.238 e. The van der Waals surface area contributed by atoms with Gasteiger partial charge in [-0.25, -0.2) is 13.1 Å². The molecule has 2 N–H and O–H groups in total. The predicted octanol–water partition coefficient (Wildman–Crippen LogP) is 1.45. The summed E-state index contributed by atoms with van der Waals surface area (Å²) in [5, 5.41) is 3.01. The predicted molar refractivity (Wildman–Crippen MR) is 86.9 cm³/mol. The molecule has 2 rings (SSSR count). The summed E-state index contributed by atoms with van der Waals surface area (Å²) < 4.78 is 24.7. The van der Waals surface area contributed by atoms with Crippen LogP contribution in [0.4, 0.5) is 0 Å². The van der Waals surface area contributed by atoms with E-state index in [1.165, 1.54) is 5.56 Å². The maximum absolute atomic E-state index is 12.1. The quantitative estimate of drug-likeness (QED) is 0.832. The van der Waals surface area contributed by atoms with E-state index >= 15 is 0 Å². The Bertz CT molecular complexity index is 601. The number of sulfonamides is 1. The number of benzene rings is 1. The number of carbonyl (C=O) groups excluding carboxylic acids is 1. The molecule has 1 saturated carbocycles. The third-order valence-corrected chi connectivity index (χ3v) is 4.89. The van der Waals surface area contributed by atoms with Crippen molar-refractivity contribution in [3.63, 3.8) is 0 Å². The van der Waals surface area contributed by atoms with Gasteiger partial charge in [-0.05, 0) is 37.7 Å². The van der Waals surface area contributed by atoms with Gasteiger partial charge in [0.2, 0.25) is 15.9 Å². The summed E-state index contributed by atoms with van der Waals surface area (Å²) in [6.07, 6.45) is 5.14. The van der Waals surface area contributed by atoms with E-state index in [9.17, 15) is 13.2 Å². The van der Waals surface area contributed by atoms with Gasteiger partial charge in [-0.3, -0.25) is 4.79 Å². The summed E-state index contributed by atoms with van der Waals surface area (Å²) in [6, 6.07) is 9.63. The average molecular weight is 324 g/mol. The third-order valence-electron chi connectivity index (χ3n) is 4.11. The molecule has 0 unspecified atom stereocenters. The summed E-state index contributed by atoms with van der Waals surface area (Å²) in [5.74, 6) is 0.159. The molecule has 0 saturated heterocycles. The molecule has 1 amide bonds. The van der Waals surface area contributed by atoms with Gasteiger partial charge in [0.25, 0.3) is 0 Å². The number of hydrogen-bond donors (Lipinski definition) is 2. The lowest BCUT2D eigenvalue weighted by Gasteiger charge is -2.23. The standard InChI is InChI=1S/C16H24N2O3S/c1-12(18-22(2,20)21)16(19)17-15-10-6-9-14(15)11-13-7-4-3-5-8-13/h3-5,7-8,12,14-15,18H,6,9-11H2,1-2H3,(H,17,19)/t12-,14-,15-/m0/s1. The topological polar surface area (TPSA) is 75.3 Å². The molecule has 0 spiro atoms. The maximum atomic E-state index is 12.1. The van der Waals surface area contributed by atoms with Gasteiger partial charge in [0.15, 0.2) is 0 Å². The first-order valence-corrected chi connectivity index (χ1v) is 9.56. The highest BCUT2D eigenvalue weighted by molar-refractivity contribution is 7.88. The minimum absolute atomic E-state index is 0.122. The van der Waals surface area contributed by atoms with Crippen LogP contribution in [0.5, 0.6) is 0 Å². The van der Waals surface area contributed by atoms with Gasteiger partial charge in [-0.15, -0.1) is 0 Å². The lowest BCUT2D eigenvalue weighted by atomic mass is 9.94. The van der Waals surface area contributed by atoms with Gasteiger partial charge in [0.1, 0.15) is 0 Å². The number of carbonyl (C=O) groups is 1. The van der Waals surface area contributed by atoms with E-state index in [2.05, 4.69) is 22.2 Å². The molecular formula is C16H24N2O3S. The SMILES string of the molecule is C[C@H](NS(C)(=O)=O)C(=O)N[C@H]1CCC[C@H]1Cc1ccccc1. The van der Waals surface area contributed by atoms with Crippen LogP contribution in [0.1, 0.15) is 31.7 Å². The van der Waals surface area contributed by atoms with Crippen molar-refractivity contribution >= 4 is 15.9 Å². The van der Waals surface area contributed by atoms with Crippen molar-refractivity contribution in [1.82, 2.24) is 10.0 Å². The lowest BCUT2D eigenvalue weighted by molar-refractivity contribution is -0.123. The Hall–Kier alpha value is -1.40. The monoisotopic (exact) mass is 324 g/mol. The summed E-state index contributed by atoms with van der Waals surface area (Å²) >= 11 is 0. The van der Waals surface area contributed by atoms with Crippen LogP contribution >= 0.6 is 0 Å². The molecule has 5 nitrogen and oxygen atoms in total. The molecular weight excluding hydrogens is 300 g/mol. The second-order valence-electron chi connectivity index (χ2n) is 6.11. The Morgan fingerprint density at radius 1 is 1.27 bits per heavy atom. The van der Waals surface area contributed by atoms with Crippen molar-refractivity contribution in [2.45, 2.75) is 44.7 Å². The van der Waals surface area contributed by atoms with Crippen molar-refractivity contribution in [2.24, 2.45) is 5.92 Å². The van der Waals surface area contributed by atoms with Crippen LogP contribution in [0.15, 0.2) is 30.3 Å². The fourth-order valence-electron chi connectivity index (χ4n) is 3.07. The molecule has 122 valence electrons. The van der Waals surface area contributed by atoms with Crippen LogP contribution in [0.25, 0.3) is 0 Å². The fourth-order valence-corrected chi connectivity index (χ4v) is 3.82. The van der Waals surface area contributed by atoms with Crippen molar-refractivity contribution in [2.75, 3.05) is 6.26 Å². The summed E-state index contributed by atoms with van der Waals surface area (Å²) in [6.45, 7) is 1.57. The second-order valence-corrected chi connectivity index (χ2v) is 7.89. The second kappa shape index (κ2) is 7.24. The molecule has 0 heterocycles. The third kappa shape index (κ3) is 5.10. The van der Waals surface area contributed by atoms with Crippen LogP contribution in [-0.4, -0.2) is 32.7 Å². The Kier molecular flexibility index (Phi) is 5.58. The molecule has 0 aliphatic heterocycles. The van der Waals surface area contributed by atoms with E-state index in [0.717, 1.165) is 31.9 Å². The molecule has 1 aliphatic carbocycles. The van der Waals surface area contributed by atoms with Crippen LogP contribution < -0.4 is 10.0 Å². The van der Waals surface area contributed by atoms with E-state index in [4.69, 9.17) is 0 Å². The van der Waals surface area contributed by atoms with Crippen molar-refractivity contribution in [1.29, 1.82) is 0 Å². The zero-order chi connectivity index (χ0) is 16.2. The molecule has 1 aromatic carbocycles. The van der Waals surface area contributed by atoms with Gasteiger partial charge in [-0.2, -0.15) is 0 Å². The largest absolute Gasteiger partial charge is 0.352 e. The molecule has 6 heteroatoms. The molecule has 22 heavy (non-hydrogen) atoms. The van der Waals surface area contributed by atoms with E-state index in [-0.39, 0.29) is 11.9 Å². The zero-order valence-corrected chi connectivity index (χ0v) is 13.9. The van der Waals surface area contributed by atoms with E-state index in [0.29, 0.717) is 5.92 Å². The van der Waals surface area contributed by atoms with Crippen molar-refractivity contribution < 1.29 is 13.2 Å². The molecule has 3 atom stereocenters. The number of rotatable bonds is 6. The Balaban J connectivity index is 1.92. The number of hydrogen-bond acceptors (Lipinski definition) is 3. The molecule has 1 fully saturated rings. The van der Waals surface area contributed by atoms with Gasteiger partial charge in [0.05, 0.1) is 12.3 Å². The molecule has 0 radical (unpaired) electrons. The lowest BCUT2D eigenvalue weighted by Crippen LogP contribution is -2.48. The van der Waals surface area contributed by atoms with Crippen LogP contribution in [0.2, 0.25) is 0 Å². The van der Waals surface area contributed by atoms with Crippen molar-refractivity contribution in [3.8, 4) is 0 Å². The normalized spacial score (nSPS) is 23.2. The zero-order valence-electron chi connectivity index (χ0n) is 13.1. The van der Waals surface area contributed by atoms with Gasteiger partial charge in [0, 0.05) is 6.04 Å². The minimum Gasteiger partial charge on any atom is -0.352 e. The highest BCUT2D eigenvalue weighted by atomic mass is 32.2. The van der Waals surface area contributed by atoms with Crippen LogP contribution in [-0.2, 0) is 21.2 Å². The highest BCUT2D eigenvalue weighted by Gasteiger charge is 2.30. The van der Waals surface area contributed by atoms with E-state index in [1.54, 1.807) is 6.92 Å². The molecule has 0 aromatic heterocycles. The maximum Gasteiger partial charge on any atom is 0.238 e. The molecule has 1 aromatic rings. The van der Waals surface area contributed by atoms with Crippen molar-refractivity contribution in [3.05, 3.63) is 35.9 Å². The van der Waals surface area contributed by atoms with E-state index in [1.807, 2.05) is 18.2 Å². The first-order chi connectivity index (χ1) is 10.3. The van der Waals surface area contributed by atoms with Crippen LogP contribution in [0, 0.1) is 5.92 Å². The molecule has 0 bridgehead atoms. The Morgan fingerprint density at radius 3 is 2.59 bits per heavy atom. The molecule has 1 aliphatic rings. The Labute approximate surface area is 132 Å². The first kappa shape index (κ1) is 17.0. The summed E-state index contributed by atoms with van der Waals surface area (Å²) in [5.41, 5.74) is 1.27. The highest BCUT2D eigenvalue weighted by Crippen LogP contribution is 2.28. The number of nitrogens with one attached hydrogen (secondary N) is 2. The van der Waals surface area contributed by atoms with Gasteiger partial charge < -0.3 is 5.32 Å². The summed E-state index contributed by atoms with van der Waals surface area (Å²) in [7, 11) is -3.37. The first-order valence-electron chi connectivity index (χ1n) is 7.67. The van der Waals surface area contributed by atoms with Gasteiger partial charge >= 0.3 is 0 Å². The Morgan fingerprint density at radius 2 is 1.95 bits per heavy atom. The minimum atomic E-state index is -3.37. The van der Waals surface area contributed by atoms with Crippen LogP contribution in [0.3, 0.4) is 0 Å². The van der Waals surface area contributed by atoms with E-state index < -0.39 is 16.1 Å². The number of amides is 1.